The second kappa shape index (κ2) is 5.25. The fraction of sp³-hybridized carbons (Fsp3) is 0.750. The average molecular weight is 302 g/mol. The van der Waals surface area contributed by atoms with Crippen molar-refractivity contribution in [2.75, 3.05) is 0 Å². The summed E-state index contributed by atoms with van der Waals surface area (Å²) in [5, 5.41) is 9.22. The lowest BCUT2D eigenvalue weighted by molar-refractivity contribution is -0.142. The third kappa shape index (κ3) is 2.26. The molecule has 0 heterocycles. The highest BCUT2D eigenvalue weighted by molar-refractivity contribution is 5.66. The van der Waals surface area contributed by atoms with Crippen molar-refractivity contribution in [3.8, 4) is 0 Å². The zero-order chi connectivity index (χ0) is 16.1. The van der Waals surface area contributed by atoms with Gasteiger partial charge in [-0.3, -0.25) is 4.79 Å². The van der Waals surface area contributed by atoms with E-state index < -0.39 is 5.97 Å². The van der Waals surface area contributed by atoms with E-state index in [2.05, 4.69) is 27.0 Å². The molecule has 4 aliphatic carbocycles. The first-order valence-corrected chi connectivity index (χ1v) is 8.83. The molecule has 0 aromatic carbocycles. The predicted octanol–water partition coefficient (Wildman–Crippen LogP) is 5.21. The lowest BCUT2D eigenvalue weighted by atomic mass is 9.40. The number of carbonyl (C=O) groups is 1. The minimum Gasteiger partial charge on any atom is -0.481 e. The number of carboxylic acid groups (broad SMARTS) is 1. The van der Waals surface area contributed by atoms with Crippen LogP contribution in [0.5, 0.6) is 0 Å². The van der Waals surface area contributed by atoms with Crippen molar-refractivity contribution in [3.63, 3.8) is 0 Å². The van der Waals surface area contributed by atoms with E-state index in [9.17, 15) is 9.90 Å². The van der Waals surface area contributed by atoms with Crippen molar-refractivity contribution >= 4 is 5.97 Å². The topological polar surface area (TPSA) is 37.3 Å². The molecular formula is C20H30O2. The molecule has 122 valence electrons. The van der Waals surface area contributed by atoms with Gasteiger partial charge < -0.3 is 5.11 Å². The Labute approximate surface area is 134 Å². The highest BCUT2D eigenvalue weighted by atomic mass is 16.4. The molecule has 0 aromatic heterocycles. The molecule has 0 aliphatic heterocycles. The normalized spacial score (nSPS) is 43.7. The summed E-state index contributed by atoms with van der Waals surface area (Å²) in [6.45, 7) is 13.1. The van der Waals surface area contributed by atoms with Crippen LogP contribution in [0, 0.1) is 28.6 Å². The molecule has 2 heteroatoms. The molecule has 4 aliphatic rings. The number of hydrogen-bond acceptors (Lipinski definition) is 1. The van der Waals surface area contributed by atoms with Crippen LogP contribution in [0.2, 0.25) is 0 Å². The van der Waals surface area contributed by atoms with E-state index in [-0.39, 0.29) is 5.41 Å². The summed E-state index contributed by atoms with van der Waals surface area (Å²) in [6, 6.07) is 0. The van der Waals surface area contributed by atoms with Crippen LogP contribution in [0.3, 0.4) is 0 Å². The maximum Gasteiger partial charge on any atom is 0.303 e. The Bertz CT molecular complexity index is 520. The van der Waals surface area contributed by atoms with Gasteiger partial charge in [0.05, 0.1) is 0 Å². The van der Waals surface area contributed by atoms with Gasteiger partial charge in [0, 0.05) is 6.42 Å². The molecule has 0 unspecified atom stereocenters. The summed E-state index contributed by atoms with van der Waals surface area (Å²) >= 11 is 0. The number of fused-ring (bicyclic) bond motifs is 2. The first-order chi connectivity index (χ1) is 10.3. The van der Waals surface area contributed by atoms with Gasteiger partial charge in [0.1, 0.15) is 0 Å². The number of rotatable bonds is 4. The Hall–Kier alpha value is -1.05. The Kier molecular flexibility index (Phi) is 3.78. The van der Waals surface area contributed by atoms with Gasteiger partial charge in [-0.1, -0.05) is 31.2 Å². The van der Waals surface area contributed by atoms with Crippen LogP contribution in [0.15, 0.2) is 24.3 Å². The first-order valence-electron chi connectivity index (χ1n) is 8.83. The third-order valence-electron chi connectivity index (χ3n) is 7.40. The van der Waals surface area contributed by atoms with Gasteiger partial charge in [-0.2, -0.15) is 0 Å². The summed E-state index contributed by atoms with van der Waals surface area (Å²) in [4.78, 5) is 11.2. The van der Waals surface area contributed by atoms with Crippen LogP contribution in [-0.4, -0.2) is 11.1 Å². The highest BCUT2D eigenvalue weighted by Crippen LogP contribution is 2.69. The summed E-state index contributed by atoms with van der Waals surface area (Å²) < 4.78 is 0. The monoisotopic (exact) mass is 302 g/mol. The van der Waals surface area contributed by atoms with Gasteiger partial charge in [0.25, 0.3) is 0 Å². The van der Waals surface area contributed by atoms with E-state index in [4.69, 9.17) is 0 Å². The Balaban J connectivity index is 1.95. The SMILES string of the molecule is C=C1C[C@]23CC[C@@H]1C[C@H]2[C@](C)(CCC(=O)O)[C@@H](C(=C)C)CC3. The minimum atomic E-state index is -0.660. The van der Waals surface area contributed by atoms with E-state index in [1.807, 2.05) is 0 Å². The van der Waals surface area contributed by atoms with Gasteiger partial charge in [0.15, 0.2) is 0 Å². The zero-order valence-electron chi connectivity index (χ0n) is 14.2. The van der Waals surface area contributed by atoms with Crippen molar-refractivity contribution in [3.05, 3.63) is 24.3 Å². The van der Waals surface area contributed by atoms with E-state index in [1.54, 1.807) is 0 Å². The van der Waals surface area contributed by atoms with Crippen LogP contribution < -0.4 is 0 Å². The standard InChI is InChI=1S/C20H30O2/c1-13(2)16-6-10-20-9-5-15(14(3)12-20)11-17(20)19(16,4)8-7-18(21)22/h15-17H,1,3,5-12H2,2,4H3,(H,21,22)/t15-,16-,17+,19-,20-/m1/s1. The van der Waals surface area contributed by atoms with Gasteiger partial charge in [-0.05, 0) is 80.5 Å². The smallest absolute Gasteiger partial charge is 0.303 e. The van der Waals surface area contributed by atoms with Crippen LogP contribution in [0.1, 0.15) is 65.2 Å². The fourth-order valence-corrected chi connectivity index (χ4v) is 6.36. The second-order valence-electron chi connectivity index (χ2n) is 8.56. The molecule has 1 spiro atoms. The molecular weight excluding hydrogens is 272 g/mol. The van der Waals surface area contributed by atoms with Crippen LogP contribution in [0.25, 0.3) is 0 Å². The van der Waals surface area contributed by atoms with Crippen LogP contribution in [-0.2, 0) is 4.79 Å². The van der Waals surface area contributed by atoms with Gasteiger partial charge in [-0.25, -0.2) is 0 Å². The predicted molar refractivity (Wildman–Crippen MR) is 89.5 cm³/mol. The third-order valence-corrected chi connectivity index (χ3v) is 7.40. The number of aliphatic carboxylic acids is 1. The van der Waals surface area contributed by atoms with Crippen molar-refractivity contribution in [1.82, 2.24) is 0 Å². The molecule has 2 nitrogen and oxygen atoms in total. The Morgan fingerprint density at radius 3 is 2.64 bits per heavy atom. The lowest BCUT2D eigenvalue weighted by Gasteiger charge is -2.64. The molecule has 2 bridgehead atoms. The highest BCUT2D eigenvalue weighted by Gasteiger charge is 2.59. The van der Waals surface area contributed by atoms with E-state index in [0.717, 1.165) is 6.42 Å². The molecule has 5 atom stereocenters. The van der Waals surface area contributed by atoms with Crippen LogP contribution >= 0.6 is 0 Å². The fourth-order valence-electron chi connectivity index (χ4n) is 6.36. The molecule has 4 fully saturated rings. The molecule has 0 aromatic rings. The largest absolute Gasteiger partial charge is 0.481 e. The lowest BCUT2D eigenvalue weighted by Crippen LogP contribution is -2.56. The van der Waals surface area contributed by atoms with Crippen molar-refractivity contribution in [2.45, 2.75) is 65.2 Å². The molecule has 0 amide bonds. The van der Waals surface area contributed by atoms with E-state index in [0.29, 0.717) is 29.6 Å². The Morgan fingerprint density at radius 2 is 2.05 bits per heavy atom. The molecule has 0 radical (unpaired) electrons. The summed E-state index contributed by atoms with van der Waals surface area (Å²) in [5.74, 6) is 1.15. The van der Waals surface area contributed by atoms with E-state index >= 15 is 0 Å². The zero-order valence-corrected chi connectivity index (χ0v) is 14.2. The number of hydrogen-bond donors (Lipinski definition) is 1. The molecule has 22 heavy (non-hydrogen) atoms. The summed E-state index contributed by atoms with van der Waals surface area (Å²) in [5.41, 5.74) is 3.23. The van der Waals surface area contributed by atoms with Gasteiger partial charge >= 0.3 is 5.97 Å². The molecule has 1 N–H and O–H groups in total. The number of carboxylic acids is 1. The van der Waals surface area contributed by atoms with Gasteiger partial charge in [0.2, 0.25) is 0 Å². The van der Waals surface area contributed by atoms with E-state index in [1.165, 1.54) is 49.7 Å². The summed E-state index contributed by atoms with van der Waals surface area (Å²) in [7, 11) is 0. The Morgan fingerprint density at radius 1 is 1.36 bits per heavy atom. The second-order valence-corrected chi connectivity index (χ2v) is 8.56. The number of allylic oxidation sites excluding steroid dienone is 2. The molecule has 4 rings (SSSR count). The quantitative estimate of drug-likeness (QED) is 0.724. The average Bonchev–Trinajstić information content (AvgIpc) is 2.45. The van der Waals surface area contributed by atoms with Crippen molar-refractivity contribution in [2.24, 2.45) is 28.6 Å². The van der Waals surface area contributed by atoms with Crippen LogP contribution in [0.4, 0.5) is 0 Å². The molecule has 0 saturated heterocycles. The first kappa shape index (κ1) is 15.8. The maximum atomic E-state index is 11.2. The maximum absolute atomic E-state index is 11.2. The van der Waals surface area contributed by atoms with Crippen molar-refractivity contribution in [1.29, 1.82) is 0 Å². The minimum absolute atomic E-state index is 0.0991. The van der Waals surface area contributed by atoms with Gasteiger partial charge in [-0.15, -0.1) is 0 Å². The molecule has 4 saturated carbocycles. The van der Waals surface area contributed by atoms with Crippen molar-refractivity contribution < 1.29 is 9.90 Å². The summed E-state index contributed by atoms with van der Waals surface area (Å²) in [6.07, 6.45) is 8.61.